The lowest BCUT2D eigenvalue weighted by Gasteiger charge is -2.11. The molecule has 0 bridgehead atoms. The number of nitrogen functional groups attached to an aromatic ring is 1. The molecule has 2 rings (SSSR count). The number of ether oxygens (including phenoxy) is 1. The Balaban J connectivity index is 2.20. The summed E-state index contributed by atoms with van der Waals surface area (Å²) in [6.45, 7) is 2.16. The number of aryl methyl sites for hydroxylation is 1. The van der Waals surface area contributed by atoms with E-state index in [0.717, 1.165) is 18.5 Å². The number of carbonyl (C=O) groups excluding carboxylic acids is 1. The fourth-order valence-corrected chi connectivity index (χ4v) is 2.11. The van der Waals surface area contributed by atoms with Crippen LogP contribution in [0, 0.1) is 0 Å². The van der Waals surface area contributed by atoms with Crippen molar-refractivity contribution in [3.8, 4) is 0 Å². The summed E-state index contributed by atoms with van der Waals surface area (Å²) in [5, 5.41) is 3.23. The van der Waals surface area contributed by atoms with Crippen LogP contribution in [0.5, 0.6) is 0 Å². The maximum Gasteiger partial charge on any atom is 0.337 e. The third-order valence-electron chi connectivity index (χ3n) is 3.25. The summed E-state index contributed by atoms with van der Waals surface area (Å²) in [7, 11) is 1.36. The van der Waals surface area contributed by atoms with Crippen molar-refractivity contribution in [2.24, 2.45) is 0 Å². The average molecular weight is 284 g/mol. The highest BCUT2D eigenvalue weighted by molar-refractivity contribution is 5.92. The highest BCUT2D eigenvalue weighted by Gasteiger charge is 2.08. The number of nitrogens with one attached hydrogen (secondary N) is 1. The van der Waals surface area contributed by atoms with E-state index < -0.39 is 0 Å². The molecular formula is C17H20N2O2. The SMILES string of the molecule is CCCc1ccc(Nc2cc(C(=O)OC)ccc2N)cc1. The summed E-state index contributed by atoms with van der Waals surface area (Å²) in [5.41, 5.74) is 9.93. The van der Waals surface area contributed by atoms with Crippen LogP contribution in [-0.4, -0.2) is 13.1 Å². The second kappa shape index (κ2) is 6.79. The Hall–Kier alpha value is -2.49. The molecule has 0 fully saturated rings. The van der Waals surface area contributed by atoms with Gasteiger partial charge in [-0.15, -0.1) is 0 Å². The molecule has 110 valence electrons. The zero-order chi connectivity index (χ0) is 15.2. The van der Waals surface area contributed by atoms with E-state index in [0.29, 0.717) is 16.9 Å². The predicted octanol–water partition coefficient (Wildman–Crippen LogP) is 3.75. The molecule has 4 nitrogen and oxygen atoms in total. The minimum atomic E-state index is -0.378. The number of nitrogens with two attached hydrogens (primary N) is 1. The van der Waals surface area contributed by atoms with Crippen LogP contribution in [0.4, 0.5) is 17.1 Å². The smallest absolute Gasteiger partial charge is 0.337 e. The summed E-state index contributed by atoms with van der Waals surface area (Å²) in [5.74, 6) is -0.378. The minimum absolute atomic E-state index is 0.378. The third-order valence-corrected chi connectivity index (χ3v) is 3.25. The molecule has 0 radical (unpaired) electrons. The Morgan fingerprint density at radius 2 is 1.90 bits per heavy atom. The van der Waals surface area contributed by atoms with Gasteiger partial charge in [-0.2, -0.15) is 0 Å². The first-order valence-corrected chi connectivity index (χ1v) is 6.98. The molecule has 0 aliphatic heterocycles. The summed E-state index contributed by atoms with van der Waals surface area (Å²) in [4.78, 5) is 11.6. The zero-order valence-corrected chi connectivity index (χ0v) is 12.3. The quantitative estimate of drug-likeness (QED) is 0.648. The van der Waals surface area contributed by atoms with Crippen molar-refractivity contribution >= 4 is 23.0 Å². The Kier molecular flexibility index (Phi) is 4.82. The molecule has 3 N–H and O–H groups in total. The number of methoxy groups -OCH3 is 1. The van der Waals surface area contributed by atoms with E-state index in [1.807, 2.05) is 12.1 Å². The monoisotopic (exact) mass is 284 g/mol. The molecule has 0 atom stereocenters. The Morgan fingerprint density at radius 3 is 2.52 bits per heavy atom. The van der Waals surface area contributed by atoms with Gasteiger partial charge < -0.3 is 15.8 Å². The molecule has 21 heavy (non-hydrogen) atoms. The van der Waals surface area contributed by atoms with Crippen molar-refractivity contribution < 1.29 is 9.53 Å². The number of carbonyl (C=O) groups is 1. The molecule has 0 aliphatic rings. The standard InChI is InChI=1S/C17H20N2O2/c1-3-4-12-5-8-14(9-6-12)19-16-11-13(17(20)21-2)7-10-15(16)18/h5-11,19H,3-4,18H2,1-2H3. The van der Waals surface area contributed by atoms with Gasteiger partial charge in [-0.1, -0.05) is 25.5 Å². The van der Waals surface area contributed by atoms with E-state index in [1.165, 1.54) is 12.7 Å². The minimum Gasteiger partial charge on any atom is -0.465 e. The molecule has 0 aromatic heterocycles. The van der Waals surface area contributed by atoms with Crippen molar-refractivity contribution in [2.75, 3.05) is 18.2 Å². The van der Waals surface area contributed by atoms with E-state index in [9.17, 15) is 4.79 Å². The molecule has 0 saturated carbocycles. The molecule has 2 aromatic carbocycles. The third kappa shape index (κ3) is 3.75. The lowest BCUT2D eigenvalue weighted by Crippen LogP contribution is -2.04. The largest absolute Gasteiger partial charge is 0.465 e. The fourth-order valence-electron chi connectivity index (χ4n) is 2.11. The maximum atomic E-state index is 11.6. The average Bonchev–Trinajstić information content (AvgIpc) is 2.51. The van der Waals surface area contributed by atoms with Crippen LogP contribution in [0.3, 0.4) is 0 Å². The van der Waals surface area contributed by atoms with Crippen molar-refractivity contribution in [3.63, 3.8) is 0 Å². The molecule has 0 unspecified atom stereocenters. The number of benzene rings is 2. The van der Waals surface area contributed by atoms with Crippen molar-refractivity contribution in [1.29, 1.82) is 0 Å². The first kappa shape index (κ1) is 14.9. The normalized spacial score (nSPS) is 10.2. The molecule has 0 spiro atoms. The van der Waals surface area contributed by atoms with Gasteiger partial charge in [-0.05, 0) is 42.3 Å². The van der Waals surface area contributed by atoms with Crippen molar-refractivity contribution in [2.45, 2.75) is 19.8 Å². The van der Waals surface area contributed by atoms with Gasteiger partial charge in [-0.25, -0.2) is 4.79 Å². The maximum absolute atomic E-state index is 11.6. The number of hydrogen-bond donors (Lipinski definition) is 2. The summed E-state index contributed by atoms with van der Waals surface area (Å²) < 4.78 is 4.72. The second-order valence-corrected chi connectivity index (χ2v) is 4.87. The van der Waals surface area contributed by atoms with Gasteiger partial charge >= 0.3 is 5.97 Å². The van der Waals surface area contributed by atoms with Gasteiger partial charge in [-0.3, -0.25) is 0 Å². The van der Waals surface area contributed by atoms with Crippen LogP contribution in [0.2, 0.25) is 0 Å². The molecular weight excluding hydrogens is 264 g/mol. The summed E-state index contributed by atoms with van der Waals surface area (Å²) in [6.07, 6.45) is 2.20. The molecule has 4 heteroatoms. The Labute approximate surface area is 124 Å². The first-order valence-electron chi connectivity index (χ1n) is 6.98. The topological polar surface area (TPSA) is 64.3 Å². The highest BCUT2D eigenvalue weighted by Crippen LogP contribution is 2.25. The molecule has 0 saturated heterocycles. The molecule has 2 aromatic rings. The first-order chi connectivity index (χ1) is 10.1. The van der Waals surface area contributed by atoms with Gasteiger partial charge in [0.2, 0.25) is 0 Å². The van der Waals surface area contributed by atoms with E-state index in [2.05, 4.69) is 24.4 Å². The van der Waals surface area contributed by atoms with E-state index >= 15 is 0 Å². The molecule has 0 aliphatic carbocycles. The van der Waals surface area contributed by atoms with Gasteiger partial charge in [0.05, 0.1) is 24.0 Å². The van der Waals surface area contributed by atoms with Crippen LogP contribution in [0.1, 0.15) is 29.3 Å². The lowest BCUT2D eigenvalue weighted by atomic mass is 10.1. The van der Waals surface area contributed by atoms with Gasteiger partial charge in [0.1, 0.15) is 0 Å². The zero-order valence-electron chi connectivity index (χ0n) is 12.3. The van der Waals surface area contributed by atoms with E-state index in [-0.39, 0.29) is 5.97 Å². The number of rotatable bonds is 5. The van der Waals surface area contributed by atoms with Crippen molar-refractivity contribution in [3.05, 3.63) is 53.6 Å². The van der Waals surface area contributed by atoms with Gasteiger partial charge in [0, 0.05) is 5.69 Å². The number of esters is 1. The predicted molar refractivity (Wildman–Crippen MR) is 85.9 cm³/mol. The molecule has 0 heterocycles. The second-order valence-electron chi connectivity index (χ2n) is 4.87. The molecule has 0 amide bonds. The summed E-state index contributed by atoms with van der Waals surface area (Å²) >= 11 is 0. The van der Waals surface area contributed by atoms with Crippen LogP contribution in [0.15, 0.2) is 42.5 Å². The van der Waals surface area contributed by atoms with Crippen LogP contribution < -0.4 is 11.1 Å². The van der Waals surface area contributed by atoms with Crippen LogP contribution >= 0.6 is 0 Å². The summed E-state index contributed by atoms with van der Waals surface area (Å²) in [6, 6.07) is 13.2. The number of anilines is 3. The highest BCUT2D eigenvalue weighted by atomic mass is 16.5. The van der Waals surface area contributed by atoms with E-state index in [1.54, 1.807) is 18.2 Å². The van der Waals surface area contributed by atoms with Gasteiger partial charge in [0.25, 0.3) is 0 Å². The fraction of sp³-hybridized carbons (Fsp3) is 0.235. The number of hydrogen-bond acceptors (Lipinski definition) is 4. The van der Waals surface area contributed by atoms with Crippen LogP contribution in [0.25, 0.3) is 0 Å². The van der Waals surface area contributed by atoms with Gasteiger partial charge in [0.15, 0.2) is 0 Å². The van der Waals surface area contributed by atoms with E-state index in [4.69, 9.17) is 10.5 Å². The Bertz CT molecular complexity index is 621. The van der Waals surface area contributed by atoms with Crippen LogP contribution in [-0.2, 0) is 11.2 Å². The van der Waals surface area contributed by atoms with Crippen molar-refractivity contribution in [1.82, 2.24) is 0 Å². The lowest BCUT2D eigenvalue weighted by molar-refractivity contribution is 0.0601. The Morgan fingerprint density at radius 1 is 1.19 bits per heavy atom.